The van der Waals surface area contributed by atoms with E-state index in [2.05, 4.69) is 215 Å². The molecule has 0 radical (unpaired) electrons. The normalized spacial score (nSPS) is 14.7. The first-order chi connectivity index (χ1) is 56.2. The molecule has 115 heavy (non-hydrogen) atoms. The number of phosphoric ester groups is 2. The lowest BCUT2D eigenvalue weighted by atomic mass is 10.0. The molecule has 4 N–H and O–H groups in total. The largest absolute Gasteiger partial charge is 0.472 e. The number of carbonyl (C=O) groups excluding carboxylic acids is 3. The molecule has 0 saturated carbocycles. The summed E-state index contributed by atoms with van der Waals surface area (Å²) in [5, 5.41) is 20.7. The lowest BCUT2D eigenvalue weighted by Gasteiger charge is -2.21. The van der Waals surface area contributed by atoms with E-state index < -0.39 is 91.5 Å². The van der Waals surface area contributed by atoms with Gasteiger partial charge < -0.3 is 34.2 Å². The molecule has 0 aromatic rings. The maximum atomic E-state index is 13.1. The highest BCUT2D eigenvalue weighted by atomic mass is 31.2. The SMILES string of the molecule is CC/C=C\C/C=C\C/C=C\C/C=C\C/C=C\C/C=C\CCCCCCCCC(=O)OCC(COP(=O)(O)OCC(O)COP(=O)(O)OCC(O)COC(=O)CCCCCCCCCCCCCCCCC/C=C\C/C=C\C/C=C\C/C=C\CCCCC)OC(=O)CCCCCC/C=C\C/C=C\C/C=C\C/C=C\C/C=C\C/C=C\CC. The van der Waals surface area contributed by atoms with Crippen molar-refractivity contribution in [3.8, 4) is 0 Å². The number of aliphatic hydroxyl groups is 2. The van der Waals surface area contributed by atoms with Crippen LogP contribution in [0.3, 0.4) is 0 Å². The fourth-order valence-corrected chi connectivity index (χ4v) is 13.1. The number of phosphoric acid groups is 2. The number of aliphatic hydroxyl groups excluding tert-OH is 2. The molecule has 0 bridgehead atoms. The van der Waals surface area contributed by atoms with E-state index in [4.69, 9.17) is 32.3 Å². The van der Waals surface area contributed by atoms with E-state index in [0.717, 1.165) is 180 Å². The Hall–Kier alpha value is -5.61. The predicted molar refractivity (Wildman–Crippen MR) is 481 cm³/mol. The third-order valence-corrected chi connectivity index (χ3v) is 20.2. The van der Waals surface area contributed by atoms with Crippen LogP contribution in [-0.2, 0) is 55.8 Å². The lowest BCUT2D eigenvalue weighted by molar-refractivity contribution is -0.161. The van der Waals surface area contributed by atoms with Crippen molar-refractivity contribution < 1.29 is 75.8 Å². The number of hydrogen-bond acceptors (Lipinski definition) is 14. The van der Waals surface area contributed by atoms with Gasteiger partial charge in [0, 0.05) is 19.3 Å². The van der Waals surface area contributed by atoms with Gasteiger partial charge in [0.15, 0.2) is 6.10 Å². The average molecular weight is 1640 g/mol. The minimum Gasteiger partial charge on any atom is -0.463 e. The maximum absolute atomic E-state index is 13.1. The number of esters is 3. The van der Waals surface area contributed by atoms with Crippen LogP contribution in [0.25, 0.3) is 0 Å². The van der Waals surface area contributed by atoms with Gasteiger partial charge >= 0.3 is 33.6 Å². The topological polar surface area (TPSA) is 231 Å². The van der Waals surface area contributed by atoms with E-state index in [-0.39, 0.29) is 19.3 Å². The quantitative estimate of drug-likeness (QED) is 0.0146. The molecule has 0 rings (SSSR count). The van der Waals surface area contributed by atoms with E-state index in [1.54, 1.807) is 0 Å². The van der Waals surface area contributed by atoms with Gasteiger partial charge in [-0.25, -0.2) is 9.13 Å². The van der Waals surface area contributed by atoms with Crippen molar-refractivity contribution >= 4 is 33.6 Å². The molecular weight excluding hydrogens is 1480 g/mol. The summed E-state index contributed by atoms with van der Waals surface area (Å²) in [6, 6.07) is 0. The van der Waals surface area contributed by atoms with Gasteiger partial charge in [-0.2, -0.15) is 0 Å². The van der Waals surface area contributed by atoms with Crippen molar-refractivity contribution in [3.63, 3.8) is 0 Å². The van der Waals surface area contributed by atoms with Crippen LogP contribution >= 0.6 is 15.6 Å². The molecule has 0 fully saturated rings. The fourth-order valence-electron chi connectivity index (χ4n) is 11.6. The van der Waals surface area contributed by atoms with Gasteiger partial charge in [0.25, 0.3) is 0 Å². The third-order valence-electron chi connectivity index (χ3n) is 18.3. The molecule has 0 amide bonds. The first-order valence-corrected chi connectivity index (χ1v) is 47.7. The molecule has 0 aliphatic heterocycles. The standard InChI is InChI=1S/C97H160O16P2/c1-4-7-10-13-16-19-22-25-28-31-34-37-40-42-43-44-45-46-47-49-52-53-56-59-62-65-68-71-74-77-80-83-95(100)107-86-92(98)87-109-114(103,104)110-88-93(99)89-111-115(105,106)112-91-94(113-97(102)85-82-79-76-73-70-67-64-61-58-55-50-39-36-33-30-27-24-21-18-15-12-9-6-3)90-108-96(101)84-81-78-75-72-69-66-63-60-57-54-51-48-41-38-35-32-29-26-23-20-17-14-11-8-5-2/h8-9,11-12,16-21,25-30,34-39,42-43,48,51,55,57-58,60,64,67,92-94,98-99H,4-7,10,13-15,22-24,31-33,40-41,44-47,49-50,52-54,56,59,61-63,65-66,68-91H2,1-3H3,(H,103,104)(H,105,106)/b11-8-,12-9-,19-16-,20-17-,21-18-,28-25-,29-26-,30-27-,37-34-,38-35-,39-36-,43-42-,51-48-,58-55-,60-57-,67-64-. The molecule has 0 aliphatic rings. The molecule has 16 nitrogen and oxygen atoms in total. The first-order valence-electron chi connectivity index (χ1n) is 44.7. The minimum absolute atomic E-state index is 0.0630. The van der Waals surface area contributed by atoms with E-state index in [0.29, 0.717) is 19.3 Å². The number of allylic oxidation sites excluding steroid dienone is 32. The zero-order chi connectivity index (χ0) is 83.6. The second-order valence-electron chi connectivity index (χ2n) is 29.3. The van der Waals surface area contributed by atoms with Crippen LogP contribution in [-0.4, -0.2) is 95.9 Å². The molecular formula is C97H160O16P2. The van der Waals surface area contributed by atoms with Gasteiger partial charge in [-0.1, -0.05) is 350 Å². The highest BCUT2D eigenvalue weighted by molar-refractivity contribution is 7.47. The monoisotopic (exact) mass is 1640 g/mol. The minimum atomic E-state index is -4.96. The summed E-state index contributed by atoms with van der Waals surface area (Å²) in [6.07, 6.45) is 116. The lowest BCUT2D eigenvalue weighted by Crippen LogP contribution is -2.30. The van der Waals surface area contributed by atoms with Crippen molar-refractivity contribution in [3.05, 3.63) is 194 Å². The van der Waals surface area contributed by atoms with E-state index in [1.807, 2.05) is 0 Å². The van der Waals surface area contributed by atoms with Crippen LogP contribution in [0.15, 0.2) is 194 Å². The number of hydrogen-bond donors (Lipinski definition) is 4. The summed E-state index contributed by atoms with van der Waals surface area (Å²) in [6.45, 7) is 2.39. The van der Waals surface area contributed by atoms with Crippen LogP contribution in [0.1, 0.15) is 342 Å². The van der Waals surface area contributed by atoms with Gasteiger partial charge in [0.05, 0.1) is 26.4 Å². The molecule has 0 saturated heterocycles. The molecule has 0 aromatic heterocycles. The highest BCUT2D eigenvalue weighted by Gasteiger charge is 2.29. The molecule has 0 aliphatic carbocycles. The summed E-state index contributed by atoms with van der Waals surface area (Å²) < 4.78 is 61.4. The Morgan fingerprint density at radius 3 is 0.730 bits per heavy atom. The van der Waals surface area contributed by atoms with Gasteiger partial charge in [-0.3, -0.25) is 32.5 Å². The fraction of sp³-hybridized carbons (Fsp3) is 0.639. The number of carbonyl (C=O) groups is 3. The van der Waals surface area contributed by atoms with Crippen LogP contribution in [0, 0.1) is 0 Å². The van der Waals surface area contributed by atoms with E-state index in [1.165, 1.54) is 103 Å². The summed E-state index contributed by atoms with van der Waals surface area (Å²) in [5.74, 6) is -1.63. The smallest absolute Gasteiger partial charge is 0.463 e. The Kier molecular flexibility index (Phi) is 83.4. The zero-order valence-corrected chi connectivity index (χ0v) is 73.7. The second-order valence-corrected chi connectivity index (χ2v) is 32.2. The highest BCUT2D eigenvalue weighted by Crippen LogP contribution is 2.45. The molecule has 5 unspecified atom stereocenters. The van der Waals surface area contributed by atoms with Crippen molar-refractivity contribution in [2.24, 2.45) is 0 Å². The van der Waals surface area contributed by atoms with Crippen molar-refractivity contribution in [2.45, 2.75) is 360 Å². The Balaban J connectivity index is 4.67. The van der Waals surface area contributed by atoms with E-state index >= 15 is 0 Å². The van der Waals surface area contributed by atoms with Crippen LogP contribution in [0.5, 0.6) is 0 Å². The van der Waals surface area contributed by atoms with Crippen molar-refractivity contribution in [1.82, 2.24) is 0 Å². The average Bonchev–Trinajstić information content (AvgIpc) is 0.900. The van der Waals surface area contributed by atoms with Crippen LogP contribution < -0.4 is 0 Å². The molecule has 0 spiro atoms. The number of rotatable bonds is 83. The third kappa shape index (κ3) is 89.0. The van der Waals surface area contributed by atoms with Crippen LogP contribution in [0.4, 0.5) is 0 Å². The first kappa shape index (κ1) is 109. The van der Waals surface area contributed by atoms with Crippen molar-refractivity contribution in [2.75, 3.05) is 39.6 Å². The summed E-state index contributed by atoms with van der Waals surface area (Å²) in [7, 11) is -9.83. The van der Waals surface area contributed by atoms with E-state index in [9.17, 15) is 43.5 Å². The Morgan fingerprint density at radius 2 is 0.461 bits per heavy atom. The Labute approximate surface area is 699 Å². The summed E-state index contributed by atoms with van der Waals surface area (Å²) in [5.41, 5.74) is 0. The van der Waals surface area contributed by atoms with Crippen LogP contribution in [0.2, 0.25) is 0 Å². The maximum Gasteiger partial charge on any atom is 0.472 e. The zero-order valence-electron chi connectivity index (χ0n) is 71.9. The number of ether oxygens (including phenoxy) is 3. The van der Waals surface area contributed by atoms with Gasteiger partial charge in [-0.15, -0.1) is 0 Å². The van der Waals surface area contributed by atoms with Crippen molar-refractivity contribution in [1.29, 1.82) is 0 Å². The second kappa shape index (κ2) is 87.7. The molecule has 0 heterocycles. The summed E-state index contributed by atoms with van der Waals surface area (Å²) >= 11 is 0. The Morgan fingerprint density at radius 1 is 0.252 bits per heavy atom. The molecule has 5 atom stereocenters. The predicted octanol–water partition coefficient (Wildman–Crippen LogP) is 27.4. The van der Waals surface area contributed by atoms with Gasteiger partial charge in [-0.05, 0) is 167 Å². The molecule has 0 aromatic carbocycles. The number of unbranched alkanes of at least 4 members (excludes halogenated alkanes) is 28. The molecule has 18 heteroatoms. The summed E-state index contributed by atoms with van der Waals surface area (Å²) in [4.78, 5) is 59.0. The van der Waals surface area contributed by atoms with Gasteiger partial charge in [0.1, 0.15) is 25.4 Å². The Bertz CT molecular complexity index is 2870. The molecule has 654 valence electrons. The van der Waals surface area contributed by atoms with Gasteiger partial charge in [0.2, 0.25) is 0 Å².